The van der Waals surface area contributed by atoms with Crippen molar-refractivity contribution in [3.05, 3.63) is 54.4 Å². The van der Waals surface area contributed by atoms with Gasteiger partial charge in [0.1, 0.15) is 11.5 Å². The fourth-order valence-corrected chi connectivity index (χ4v) is 2.63. The maximum Gasteiger partial charge on any atom is 0.253 e. The van der Waals surface area contributed by atoms with Crippen LogP contribution in [0, 0.1) is 5.92 Å². The summed E-state index contributed by atoms with van der Waals surface area (Å²) < 4.78 is 5.74. The van der Waals surface area contributed by atoms with Gasteiger partial charge in [-0.2, -0.15) is 0 Å². The Morgan fingerprint density at radius 3 is 2.82 bits per heavy atom. The molecule has 1 aliphatic heterocycles. The fraction of sp³-hybridized carbons (Fsp3) is 0.294. The molecule has 1 saturated heterocycles. The van der Waals surface area contributed by atoms with E-state index in [1.807, 2.05) is 23.1 Å². The molecule has 3 rings (SSSR count). The van der Waals surface area contributed by atoms with Crippen molar-refractivity contribution in [1.82, 2.24) is 9.88 Å². The predicted molar refractivity (Wildman–Crippen MR) is 83.8 cm³/mol. The summed E-state index contributed by atoms with van der Waals surface area (Å²) in [6, 6.07) is 10.8. The number of aromatic nitrogens is 1. The zero-order chi connectivity index (χ0) is 15.4. The van der Waals surface area contributed by atoms with Crippen LogP contribution in [0.15, 0.2) is 48.8 Å². The highest BCUT2D eigenvalue weighted by molar-refractivity contribution is 5.94. The van der Waals surface area contributed by atoms with E-state index in [4.69, 9.17) is 10.5 Å². The van der Waals surface area contributed by atoms with Gasteiger partial charge in [-0.05, 0) is 49.2 Å². The summed E-state index contributed by atoms with van der Waals surface area (Å²) in [6.07, 6.45) is 4.32. The number of carbonyl (C=O) groups is 1. The number of pyridine rings is 1. The molecule has 0 spiro atoms. The second kappa shape index (κ2) is 6.58. The Morgan fingerprint density at radius 2 is 2.09 bits per heavy atom. The monoisotopic (exact) mass is 297 g/mol. The van der Waals surface area contributed by atoms with Crippen LogP contribution in [-0.2, 0) is 0 Å². The van der Waals surface area contributed by atoms with E-state index in [0.717, 1.165) is 19.5 Å². The highest BCUT2D eigenvalue weighted by Gasteiger charge is 2.26. The Bertz CT molecular complexity index is 645. The Balaban J connectivity index is 1.72. The first kappa shape index (κ1) is 14.5. The van der Waals surface area contributed by atoms with Gasteiger partial charge in [0.25, 0.3) is 5.91 Å². The van der Waals surface area contributed by atoms with Gasteiger partial charge in [0.05, 0.1) is 0 Å². The van der Waals surface area contributed by atoms with Gasteiger partial charge in [0.2, 0.25) is 0 Å². The molecule has 2 N–H and O–H groups in total. The first-order valence-electron chi connectivity index (χ1n) is 7.43. The number of likely N-dealkylation sites (tertiary alicyclic amines) is 1. The lowest BCUT2D eigenvalue weighted by Crippen LogP contribution is -2.29. The lowest BCUT2D eigenvalue weighted by molar-refractivity contribution is 0.0787. The molecule has 0 unspecified atom stereocenters. The van der Waals surface area contributed by atoms with Crippen LogP contribution in [0.25, 0.3) is 0 Å². The lowest BCUT2D eigenvalue weighted by Gasteiger charge is -2.16. The minimum atomic E-state index is 0.0381. The largest absolute Gasteiger partial charge is 0.457 e. The van der Waals surface area contributed by atoms with Crippen molar-refractivity contribution in [2.24, 2.45) is 11.7 Å². The molecule has 0 radical (unpaired) electrons. The van der Waals surface area contributed by atoms with Crippen molar-refractivity contribution in [2.75, 3.05) is 19.6 Å². The number of carbonyl (C=O) groups excluding carboxylic acids is 1. The fourth-order valence-electron chi connectivity index (χ4n) is 2.63. The zero-order valence-corrected chi connectivity index (χ0v) is 12.3. The molecule has 0 saturated carbocycles. The van der Waals surface area contributed by atoms with Gasteiger partial charge in [0, 0.05) is 31.0 Å². The van der Waals surface area contributed by atoms with Crippen molar-refractivity contribution in [3.63, 3.8) is 0 Å². The third-order valence-electron chi connectivity index (χ3n) is 3.87. The lowest BCUT2D eigenvalue weighted by atomic mass is 10.1. The summed E-state index contributed by atoms with van der Waals surface area (Å²) in [7, 11) is 0. The van der Waals surface area contributed by atoms with Crippen molar-refractivity contribution >= 4 is 5.91 Å². The van der Waals surface area contributed by atoms with E-state index in [2.05, 4.69) is 4.98 Å². The number of hydrogen-bond donors (Lipinski definition) is 1. The number of nitrogens with zero attached hydrogens (tertiary/aromatic N) is 2. The molecule has 5 heteroatoms. The van der Waals surface area contributed by atoms with E-state index < -0.39 is 0 Å². The maximum atomic E-state index is 12.5. The molecule has 1 atom stereocenters. The summed E-state index contributed by atoms with van der Waals surface area (Å²) in [5.74, 6) is 1.80. The molecular weight excluding hydrogens is 278 g/mol. The van der Waals surface area contributed by atoms with Crippen molar-refractivity contribution in [2.45, 2.75) is 6.42 Å². The minimum Gasteiger partial charge on any atom is -0.457 e. The molecule has 5 nitrogen and oxygen atoms in total. The molecule has 2 heterocycles. The average molecular weight is 297 g/mol. The number of benzene rings is 1. The average Bonchev–Trinajstić information content (AvgIpc) is 3.04. The molecule has 1 aromatic heterocycles. The first-order chi connectivity index (χ1) is 10.8. The Morgan fingerprint density at radius 1 is 1.27 bits per heavy atom. The number of nitrogens with two attached hydrogens (primary N) is 1. The van der Waals surface area contributed by atoms with Crippen LogP contribution in [-0.4, -0.2) is 35.4 Å². The van der Waals surface area contributed by atoms with E-state index in [1.165, 1.54) is 0 Å². The van der Waals surface area contributed by atoms with Gasteiger partial charge >= 0.3 is 0 Å². The number of amides is 1. The van der Waals surface area contributed by atoms with Gasteiger partial charge in [-0.15, -0.1) is 0 Å². The van der Waals surface area contributed by atoms with Crippen LogP contribution >= 0.6 is 0 Å². The molecule has 1 fully saturated rings. The van der Waals surface area contributed by atoms with Crippen LogP contribution in [0.3, 0.4) is 0 Å². The van der Waals surface area contributed by atoms with Crippen LogP contribution < -0.4 is 10.5 Å². The van der Waals surface area contributed by atoms with E-state index >= 15 is 0 Å². The predicted octanol–water partition coefficient (Wildman–Crippen LogP) is 2.29. The SMILES string of the molecule is NC[C@H]1CCN(C(=O)c2cccc(Oc3ccncc3)c2)C1. The summed E-state index contributed by atoms with van der Waals surface area (Å²) in [6.45, 7) is 2.15. The Labute approximate surface area is 129 Å². The normalized spacial score (nSPS) is 17.5. The minimum absolute atomic E-state index is 0.0381. The van der Waals surface area contributed by atoms with E-state index in [0.29, 0.717) is 29.5 Å². The Hall–Kier alpha value is -2.40. The van der Waals surface area contributed by atoms with Gasteiger partial charge in [-0.25, -0.2) is 0 Å². The smallest absolute Gasteiger partial charge is 0.253 e. The summed E-state index contributed by atoms with van der Waals surface area (Å²) in [5, 5.41) is 0. The van der Waals surface area contributed by atoms with Crippen molar-refractivity contribution < 1.29 is 9.53 Å². The van der Waals surface area contributed by atoms with Crippen molar-refractivity contribution in [1.29, 1.82) is 0 Å². The topological polar surface area (TPSA) is 68.5 Å². The van der Waals surface area contributed by atoms with Crippen LogP contribution in [0.1, 0.15) is 16.8 Å². The second-order valence-electron chi connectivity index (χ2n) is 5.45. The highest BCUT2D eigenvalue weighted by atomic mass is 16.5. The summed E-state index contributed by atoms with van der Waals surface area (Å²) in [5.41, 5.74) is 6.32. The van der Waals surface area contributed by atoms with Gasteiger partial charge < -0.3 is 15.4 Å². The van der Waals surface area contributed by atoms with E-state index in [9.17, 15) is 4.79 Å². The first-order valence-corrected chi connectivity index (χ1v) is 7.43. The Kier molecular flexibility index (Phi) is 4.34. The van der Waals surface area contributed by atoms with Crippen molar-refractivity contribution in [3.8, 4) is 11.5 Å². The van der Waals surface area contributed by atoms with Crippen LogP contribution in [0.2, 0.25) is 0 Å². The molecule has 1 aromatic carbocycles. The highest BCUT2D eigenvalue weighted by Crippen LogP contribution is 2.23. The maximum absolute atomic E-state index is 12.5. The van der Waals surface area contributed by atoms with Crippen LogP contribution in [0.5, 0.6) is 11.5 Å². The third-order valence-corrected chi connectivity index (χ3v) is 3.87. The van der Waals surface area contributed by atoms with Crippen LogP contribution in [0.4, 0.5) is 0 Å². The molecule has 2 aromatic rings. The molecule has 0 aliphatic carbocycles. The number of ether oxygens (including phenoxy) is 1. The zero-order valence-electron chi connectivity index (χ0n) is 12.3. The number of hydrogen-bond acceptors (Lipinski definition) is 4. The summed E-state index contributed by atoms with van der Waals surface area (Å²) in [4.78, 5) is 18.3. The quantitative estimate of drug-likeness (QED) is 0.940. The van der Waals surface area contributed by atoms with Gasteiger partial charge in [0.15, 0.2) is 0 Å². The molecule has 22 heavy (non-hydrogen) atoms. The van der Waals surface area contributed by atoms with Gasteiger partial charge in [-0.1, -0.05) is 6.07 Å². The van der Waals surface area contributed by atoms with E-state index in [1.54, 1.807) is 30.6 Å². The molecular formula is C17H19N3O2. The second-order valence-corrected chi connectivity index (χ2v) is 5.45. The molecule has 1 amide bonds. The third kappa shape index (κ3) is 3.26. The molecule has 114 valence electrons. The summed E-state index contributed by atoms with van der Waals surface area (Å²) >= 11 is 0. The van der Waals surface area contributed by atoms with Gasteiger partial charge in [-0.3, -0.25) is 9.78 Å². The van der Waals surface area contributed by atoms with E-state index in [-0.39, 0.29) is 5.91 Å². The molecule has 0 bridgehead atoms. The number of rotatable bonds is 4. The molecule has 1 aliphatic rings. The standard InChI is InChI=1S/C17H19N3O2/c18-11-13-6-9-20(12-13)17(21)14-2-1-3-16(10-14)22-15-4-7-19-8-5-15/h1-5,7-8,10,13H,6,9,11-12,18H2/t13-/m1/s1.